The molecule has 2 amide bonds. The minimum Gasteiger partial charge on any atom is -0.453 e. The summed E-state index contributed by atoms with van der Waals surface area (Å²) >= 11 is 0. The van der Waals surface area contributed by atoms with Gasteiger partial charge in [-0.05, 0) is 0 Å². The number of methoxy groups -OCH3 is 1. The van der Waals surface area contributed by atoms with Crippen molar-refractivity contribution in [1.29, 1.82) is 0 Å². The first-order chi connectivity index (χ1) is 6.61. The van der Waals surface area contributed by atoms with Gasteiger partial charge >= 0.3 is 6.09 Å². The van der Waals surface area contributed by atoms with E-state index in [-0.39, 0.29) is 19.7 Å². The third-order valence-corrected chi connectivity index (χ3v) is 1.61. The second kappa shape index (κ2) is 4.89. The summed E-state index contributed by atoms with van der Waals surface area (Å²) in [4.78, 5) is 26.6. The van der Waals surface area contributed by atoms with Crippen molar-refractivity contribution in [2.75, 3.05) is 26.8 Å². The van der Waals surface area contributed by atoms with Gasteiger partial charge in [-0.1, -0.05) is 0 Å². The van der Waals surface area contributed by atoms with Crippen LogP contribution in [0.3, 0.4) is 0 Å². The number of carbonyl (C=O) groups is 2. The number of alkyl carbamates (subject to hydrolysis) is 1. The van der Waals surface area contributed by atoms with Gasteiger partial charge in [-0.25, -0.2) is 4.79 Å². The van der Waals surface area contributed by atoms with E-state index in [1.165, 1.54) is 12.2 Å². The lowest BCUT2D eigenvalue weighted by atomic mass is 10.4. The molecule has 0 spiro atoms. The quantitative estimate of drug-likeness (QED) is 0.567. The predicted molar refractivity (Wildman–Crippen MR) is 44.1 cm³/mol. The van der Waals surface area contributed by atoms with Crippen LogP contribution < -0.4 is 5.32 Å². The van der Waals surface area contributed by atoms with Gasteiger partial charge in [-0.15, -0.1) is 0 Å². The molecule has 0 bridgehead atoms. The van der Waals surface area contributed by atoms with Crippen molar-refractivity contribution in [3.8, 4) is 0 Å². The van der Waals surface area contributed by atoms with Crippen LogP contribution >= 0.6 is 0 Å². The summed E-state index contributed by atoms with van der Waals surface area (Å²) in [5.74, 6) is -0.536. The zero-order valence-corrected chi connectivity index (χ0v) is 7.73. The summed E-state index contributed by atoms with van der Waals surface area (Å²) in [6.45, 7) is 0.326. The number of aliphatic hydroxyl groups is 1. The van der Waals surface area contributed by atoms with Gasteiger partial charge in [0.15, 0.2) is 0 Å². The first-order valence-corrected chi connectivity index (χ1v) is 4.05. The highest BCUT2D eigenvalue weighted by atomic mass is 16.7. The molecule has 7 nitrogen and oxygen atoms in total. The third kappa shape index (κ3) is 3.29. The molecular formula is C7H12N2O5. The van der Waals surface area contributed by atoms with Crippen LogP contribution in [0.15, 0.2) is 0 Å². The number of hydrogen-bond acceptors (Lipinski definition) is 6. The maximum absolute atomic E-state index is 11.1. The van der Waals surface area contributed by atoms with Crippen LogP contribution in [-0.4, -0.2) is 55.1 Å². The van der Waals surface area contributed by atoms with Gasteiger partial charge in [0.05, 0.1) is 26.4 Å². The molecule has 1 atom stereocenters. The average Bonchev–Trinajstić information content (AvgIpc) is 2.50. The number of hydrogen-bond donors (Lipinski definition) is 2. The van der Waals surface area contributed by atoms with Crippen molar-refractivity contribution < 1.29 is 24.3 Å². The Balaban J connectivity index is 2.23. The molecule has 0 aromatic rings. The Bertz CT molecular complexity index is 232. The molecule has 7 heteroatoms. The number of imide groups is 1. The van der Waals surface area contributed by atoms with Crippen LogP contribution in [0, 0.1) is 0 Å². The van der Waals surface area contributed by atoms with E-state index in [4.69, 9.17) is 9.94 Å². The summed E-state index contributed by atoms with van der Waals surface area (Å²) < 4.78 is 4.23. The Morgan fingerprint density at radius 2 is 2.43 bits per heavy atom. The molecule has 14 heavy (non-hydrogen) atoms. The second-order valence-corrected chi connectivity index (χ2v) is 2.81. The molecule has 0 aromatic heterocycles. The molecule has 1 saturated heterocycles. The van der Waals surface area contributed by atoms with Crippen LogP contribution in [0.4, 0.5) is 4.79 Å². The number of amides is 2. The average molecular weight is 204 g/mol. The van der Waals surface area contributed by atoms with Gasteiger partial charge in [0.1, 0.15) is 6.54 Å². The van der Waals surface area contributed by atoms with E-state index in [9.17, 15) is 9.59 Å². The molecule has 1 heterocycles. The largest absolute Gasteiger partial charge is 0.453 e. The highest BCUT2D eigenvalue weighted by Crippen LogP contribution is 2.03. The van der Waals surface area contributed by atoms with E-state index in [1.807, 2.05) is 5.32 Å². The highest BCUT2D eigenvalue weighted by Gasteiger charge is 2.23. The highest BCUT2D eigenvalue weighted by molar-refractivity contribution is 5.92. The third-order valence-electron chi connectivity index (χ3n) is 1.61. The number of nitrogens with one attached hydrogen (secondary N) is 1. The fraction of sp³-hybridized carbons (Fsp3) is 0.714. The molecule has 1 aliphatic heterocycles. The van der Waals surface area contributed by atoms with Crippen LogP contribution in [0.2, 0.25) is 0 Å². The summed E-state index contributed by atoms with van der Waals surface area (Å²) in [6, 6.07) is 0. The minimum atomic E-state index is -0.810. The Kier molecular flexibility index (Phi) is 3.81. The van der Waals surface area contributed by atoms with E-state index in [2.05, 4.69) is 4.74 Å². The summed E-state index contributed by atoms with van der Waals surface area (Å²) in [5.41, 5.74) is 0. The molecule has 1 unspecified atom stereocenters. The molecule has 2 N–H and O–H groups in total. The Morgan fingerprint density at radius 1 is 1.71 bits per heavy atom. The molecule has 1 fully saturated rings. The molecular weight excluding hydrogens is 192 g/mol. The molecule has 1 aliphatic rings. The molecule has 1 rings (SSSR count). The van der Waals surface area contributed by atoms with Crippen LogP contribution in [0.1, 0.15) is 0 Å². The van der Waals surface area contributed by atoms with Gasteiger partial charge in [-0.3, -0.25) is 14.9 Å². The maximum atomic E-state index is 11.1. The molecule has 0 aliphatic carbocycles. The lowest BCUT2D eigenvalue weighted by Crippen LogP contribution is -2.38. The molecule has 0 aromatic carbocycles. The normalized spacial score (nSPS) is 22.0. The van der Waals surface area contributed by atoms with Gasteiger partial charge in [0.2, 0.25) is 5.91 Å². The van der Waals surface area contributed by atoms with Crippen LogP contribution in [-0.2, 0) is 14.4 Å². The number of hydroxylamine groups is 2. The van der Waals surface area contributed by atoms with Crippen LogP contribution in [0.25, 0.3) is 0 Å². The first kappa shape index (κ1) is 10.9. The van der Waals surface area contributed by atoms with E-state index in [0.29, 0.717) is 0 Å². The van der Waals surface area contributed by atoms with Crippen molar-refractivity contribution in [3.05, 3.63) is 0 Å². The second-order valence-electron chi connectivity index (χ2n) is 2.81. The number of carbonyl (C=O) groups excluding carboxylic acids is 2. The van der Waals surface area contributed by atoms with Crippen molar-refractivity contribution >= 4 is 12.0 Å². The van der Waals surface area contributed by atoms with Gasteiger partial charge in [-0.2, -0.15) is 5.06 Å². The lowest BCUT2D eigenvalue weighted by Gasteiger charge is -2.11. The topological polar surface area (TPSA) is 88.1 Å². The maximum Gasteiger partial charge on any atom is 0.413 e. The summed E-state index contributed by atoms with van der Waals surface area (Å²) in [7, 11) is 1.17. The smallest absolute Gasteiger partial charge is 0.413 e. The summed E-state index contributed by atoms with van der Waals surface area (Å²) in [5, 5.41) is 12.3. The van der Waals surface area contributed by atoms with Crippen molar-refractivity contribution in [2.45, 2.75) is 6.10 Å². The van der Waals surface area contributed by atoms with Crippen LogP contribution in [0.5, 0.6) is 0 Å². The van der Waals surface area contributed by atoms with E-state index in [1.54, 1.807) is 0 Å². The van der Waals surface area contributed by atoms with E-state index < -0.39 is 18.1 Å². The van der Waals surface area contributed by atoms with Gasteiger partial charge in [0, 0.05) is 0 Å². The Hall–Kier alpha value is -1.18. The number of ether oxygens (including phenoxy) is 1. The zero-order chi connectivity index (χ0) is 10.6. The predicted octanol–water partition coefficient (Wildman–Crippen LogP) is -1.52. The minimum absolute atomic E-state index is 0.105. The number of rotatable bonds is 2. The van der Waals surface area contributed by atoms with Crippen molar-refractivity contribution in [2.24, 2.45) is 0 Å². The fourth-order valence-electron chi connectivity index (χ4n) is 1.01. The number of aliphatic hydroxyl groups excluding tert-OH is 1. The number of β-amino-alcohol motifs (C(OH)–C–C–N with tert-alkyl or cyclic N) is 1. The first-order valence-electron chi connectivity index (χ1n) is 4.05. The fourth-order valence-corrected chi connectivity index (χ4v) is 1.01. The monoisotopic (exact) mass is 204 g/mol. The van der Waals surface area contributed by atoms with Crippen molar-refractivity contribution in [1.82, 2.24) is 10.4 Å². The molecule has 80 valence electrons. The van der Waals surface area contributed by atoms with Gasteiger partial charge in [0.25, 0.3) is 0 Å². The number of nitrogens with zero attached hydrogens (tertiary/aromatic N) is 1. The Morgan fingerprint density at radius 3 is 2.93 bits per heavy atom. The van der Waals surface area contributed by atoms with E-state index >= 15 is 0 Å². The standard InChI is InChI=1S/C7H12N2O5/c1-13-7(12)8-6(11)3-9-2-5(10)4-14-9/h5,10H,2-4H2,1H3,(H,8,11,12). The zero-order valence-electron chi connectivity index (χ0n) is 7.73. The lowest BCUT2D eigenvalue weighted by molar-refractivity contribution is -0.141. The molecule has 0 radical (unpaired) electrons. The Labute approximate surface area is 80.5 Å². The SMILES string of the molecule is COC(=O)NC(=O)CN1CC(O)CO1. The van der Waals surface area contributed by atoms with E-state index in [0.717, 1.165) is 0 Å². The van der Waals surface area contributed by atoms with Gasteiger partial charge < -0.3 is 9.84 Å². The van der Waals surface area contributed by atoms with Crippen molar-refractivity contribution in [3.63, 3.8) is 0 Å². The molecule has 0 saturated carbocycles. The summed E-state index contributed by atoms with van der Waals surface area (Å²) in [6.07, 6.45) is -1.39.